The summed E-state index contributed by atoms with van der Waals surface area (Å²) in [4.78, 5) is 44.0. The zero-order valence-electron chi connectivity index (χ0n) is 22.5. The number of amides is 3. The number of benzene rings is 3. The number of aryl methyl sites for hydroxylation is 2. The number of hydrogen-bond donors (Lipinski definition) is 3. The van der Waals surface area contributed by atoms with Crippen molar-refractivity contribution in [2.45, 2.75) is 48.8 Å². The van der Waals surface area contributed by atoms with E-state index in [4.69, 9.17) is 0 Å². The van der Waals surface area contributed by atoms with Crippen LogP contribution in [0.5, 0.6) is 0 Å². The fourth-order valence-corrected chi connectivity index (χ4v) is 9.08. The van der Waals surface area contributed by atoms with Gasteiger partial charge in [-0.25, -0.2) is 0 Å². The van der Waals surface area contributed by atoms with E-state index in [2.05, 4.69) is 10.6 Å². The maximum absolute atomic E-state index is 14.4. The van der Waals surface area contributed by atoms with Gasteiger partial charge in [0.15, 0.2) is 0 Å². The molecule has 6 atom stereocenters. The fraction of sp³-hybridized carbons (Fsp3) is 0.344. The molecule has 3 aromatic rings. The number of anilines is 2. The van der Waals surface area contributed by atoms with Gasteiger partial charge in [0.25, 0.3) is 0 Å². The van der Waals surface area contributed by atoms with Gasteiger partial charge < -0.3 is 20.6 Å². The summed E-state index contributed by atoms with van der Waals surface area (Å²) in [5.41, 5.74) is 4.08. The van der Waals surface area contributed by atoms with E-state index in [0.29, 0.717) is 17.8 Å². The average molecular weight is 556 g/mol. The highest BCUT2D eigenvalue weighted by molar-refractivity contribution is 8.02. The number of likely N-dealkylation sites (tertiary alicyclic amines) is 1. The molecule has 206 valence electrons. The number of carbonyl (C=O) groups is 3. The summed E-state index contributed by atoms with van der Waals surface area (Å²) in [6, 6.07) is 22.9. The van der Waals surface area contributed by atoms with E-state index in [1.807, 2.05) is 92.7 Å². The van der Waals surface area contributed by atoms with Crippen molar-refractivity contribution in [3.8, 4) is 0 Å². The number of thioether (sulfide) groups is 1. The van der Waals surface area contributed by atoms with E-state index in [-0.39, 0.29) is 29.6 Å². The lowest BCUT2D eigenvalue weighted by Gasteiger charge is -2.37. The SMILES string of the molecule is Cc1ccc(C)c(NC(=O)C2N([C@H](CO)c3ccccc3)C(=O)[C@@H]3[C@@H](C(=O)Nc4ccccc4)[C@H]4CCC23S4)c1. The predicted octanol–water partition coefficient (Wildman–Crippen LogP) is 4.71. The molecule has 0 saturated carbocycles. The van der Waals surface area contributed by atoms with E-state index in [0.717, 1.165) is 23.1 Å². The van der Waals surface area contributed by atoms with Crippen LogP contribution in [0.15, 0.2) is 78.9 Å². The van der Waals surface area contributed by atoms with Gasteiger partial charge in [-0.05, 0) is 61.6 Å². The van der Waals surface area contributed by atoms with Gasteiger partial charge in [0.1, 0.15) is 6.04 Å². The maximum atomic E-state index is 14.4. The smallest absolute Gasteiger partial charge is 0.248 e. The summed E-state index contributed by atoms with van der Waals surface area (Å²) >= 11 is 1.62. The van der Waals surface area contributed by atoms with Gasteiger partial charge in [-0.2, -0.15) is 0 Å². The Labute approximate surface area is 238 Å². The van der Waals surface area contributed by atoms with Crippen LogP contribution in [0.1, 0.15) is 35.6 Å². The predicted molar refractivity (Wildman–Crippen MR) is 157 cm³/mol. The number of hydrogen-bond acceptors (Lipinski definition) is 5. The van der Waals surface area contributed by atoms with Crippen LogP contribution in [0.3, 0.4) is 0 Å². The Morgan fingerprint density at radius 3 is 2.40 bits per heavy atom. The molecule has 3 aromatic carbocycles. The standard InChI is InChI=1S/C32H33N3O4S/c1-19-13-14-20(2)23(17-19)34-30(38)28-32-16-15-25(40-32)26(29(37)33-22-11-7-4-8-12-22)27(32)31(39)35(28)24(18-36)21-9-5-3-6-10-21/h3-14,17,24-28,36H,15-16,18H2,1-2H3,(H,33,37)(H,34,38)/t24-,25-,26+,27+,28?,32?/m1/s1. The number of para-hydroxylation sites is 1. The van der Waals surface area contributed by atoms with Crippen LogP contribution in [0.4, 0.5) is 11.4 Å². The average Bonchev–Trinajstić information content (AvgIpc) is 3.60. The molecular formula is C32H33N3O4S. The first-order valence-corrected chi connectivity index (χ1v) is 14.6. The van der Waals surface area contributed by atoms with Crippen LogP contribution >= 0.6 is 11.8 Å². The Morgan fingerprint density at radius 2 is 1.70 bits per heavy atom. The van der Waals surface area contributed by atoms with Crippen LogP contribution in [0.2, 0.25) is 0 Å². The lowest BCUT2D eigenvalue weighted by atomic mass is 9.70. The first-order chi connectivity index (χ1) is 19.3. The molecule has 2 unspecified atom stereocenters. The number of nitrogens with one attached hydrogen (secondary N) is 2. The van der Waals surface area contributed by atoms with E-state index in [9.17, 15) is 19.5 Å². The molecule has 40 heavy (non-hydrogen) atoms. The molecule has 3 N–H and O–H groups in total. The highest BCUT2D eigenvalue weighted by atomic mass is 32.2. The van der Waals surface area contributed by atoms with Crippen molar-refractivity contribution in [3.05, 3.63) is 95.6 Å². The van der Waals surface area contributed by atoms with Crippen molar-refractivity contribution in [2.24, 2.45) is 11.8 Å². The van der Waals surface area contributed by atoms with Gasteiger partial charge in [-0.15, -0.1) is 11.8 Å². The minimum Gasteiger partial charge on any atom is -0.394 e. The summed E-state index contributed by atoms with van der Waals surface area (Å²) in [6.45, 7) is 3.57. The zero-order chi connectivity index (χ0) is 28.0. The summed E-state index contributed by atoms with van der Waals surface area (Å²) in [5.74, 6) is -1.95. The molecule has 6 rings (SSSR count). The highest BCUT2D eigenvalue weighted by Gasteiger charge is 2.74. The van der Waals surface area contributed by atoms with Crippen LogP contribution < -0.4 is 10.6 Å². The molecule has 0 aliphatic carbocycles. The molecule has 3 aliphatic heterocycles. The van der Waals surface area contributed by atoms with Crippen molar-refractivity contribution in [3.63, 3.8) is 0 Å². The summed E-state index contributed by atoms with van der Waals surface area (Å²) in [6.07, 6.45) is 1.40. The minimum absolute atomic E-state index is 0.0554. The van der Waals surface area contributed by atoms with Gasteiger partial charge in [-0.1, -0.05) is 60.7 Å². The molecule has 2 bridgehead atoms. The quantitative estimate of drug-likeness (QED) is 0.392. The van der Waals surface area contributed by atoms with Crippen LogP contribution in [-0.4, -0.2) is 50.4 Å². The van der Waals surface area contributed by atoms with Crippen LogP contribution in [0.25, 0.3) is 0 Å². The van der Waals surface area contributed by atoms with Crippen molar-refractivity contribution in [1.29, 1.82) is 0 Å². The number of fused-ring (bicyclic) bond motifs is 1. The topological polar surface area (TPSA) is 98.7 Å². The molecule has 3 saturated heterocycles. The third kappa shape index (κ3) is 4.30. The second kappa shape index (κ2) is 10.4. The number of carbonyl (C=O) groups excluding carboxylic acids is 3. The first kappa shape index (κ1) is 26.6. The number of aliphatic hydroxyl groups is 1. The number of rotatable bonds is 7. The van der Waals surface area contributed by atoms with Gasteiger partial charge in [0.2, 0.25) is 17.7 Å². The normalized spacial score (nSPS) is 27.4. The van der Waals surface area contributed by atoms with Crippen LogP contribution in [0, 0.1) is 25.7 Å². The van der Waals surface area contributed by atoms with Gasteiger partial charge >= 0.3 is 0 Å². The Bertz CT molecular complexity index is 1450. The fourth-order valence-electron chi connectivity index (χ4n) is 6.87. The first-order valence-electron chi connectivity index (χ1n) is 13.7. The number of aliphatic hydroxyl groups excluding tert-OH is 1. The molecule has 3 fully saturated rings. The highest BCUT2D eigenvalue weighted by Crippen LogP contribution is 2.67. The third-order valence-corrected chi connectivity index (χ3v) is 10.6. The largest absolute Gasteiger partial charge is 0.394 e. The molecule has 1 spiro atoms. The zero-order valence-corrected chi connectivity index (χ0v) is 23.4. The second-order valence-corrected chi connectivity index (χ2v) is 12.7. The van der Waals surface area contributed by atoms with Crippen molar-refractivity contribution in [1.82, 2.24) is 4.90 Å². The Kier molecular flexibility index (Phi) is 6.92. The molecule has 3 heterocycles. The Balaban J connectivity index is 1.41. The van der Waals surface area contributed by atoms with Gasteiger partial charge in [0.05, 0.1) is 29.2 Å². The van der Waals surface area contributed by atoms with E-state index in [1.165, 1.54) is 0 Å². The summed E-state index contributed by atoms with van der Waals surface area (Å²) in [5, 5.41) is 16.7. The monoisotopic (exact) mass is 555 g/mol. The molecular weight excluding hydrogens is 522 g/mol. The minimum atomic E-state index is -0.841. The van der Waals surface area contributed by atoms with Gasteiger partial charge in [-0.3, -0.25) is 14.4 Å². The summed E-state index contributed by atoms with van der Waals surface area (Å²) in [7, 11) is 0. The molecule has 3 amide bonds. The van der Waals surface area contributed by atoms with E-state index >= 15 is 0 Å². The molecule has 8 heteroatoms. The molecule has 0 radical (unpaired) electrons. The van der Waals surface area contributed by atoms with Crippen molar-refractivity contribution >= 4 is 40.9 Å². The van der Waals surface area contributed by atoms with Gasteiger partial charge in [0, 0.05) is 16.6 Å². The van der Waals surface area contributed by atoms with Crippen molar-refractivity contribution in [2.75, 3.05) is 17.2 Å². The lowest BCUT2D eigenvalue weighted by molar-refractivity contribution is -0.141. The van der Waals surface area contributed by atoms with E-state index in [1.54, 1.807) is 16.7 Å². The third-order valence-electron chi connectivity index (χ3n) is 8.67. The maximum Gasteiger partial charge on any atom is 0.248 e. The van der Waals surface area contributed by atoms with Crippen LogP contribution in [-0.2, 0) is 14.4 Å². The van der Waals surface area contributed by atoms with Crippen molar-refractivity contribution < 1.29 is 19.5 Å². The Morgan fingerprint density at radius 1 is 1.00 bits per heavy atom. The summed E-state index contributed by atoms with van der Waals surface area (Å²) < 4.78 is -0.759. The second-order valence-electron chi connectivity index (χ2n) is 11.1. The lowest BCUT2D eigenvalue weighted by Crippen LogP contribution is -2.52. The number of nitrogens with zero attached hydrogens (tertiary/aromatic N) is 1. The molecule has 7 nitrogen and oxygen atoms in total. The van der Waals surface area contributed by atoms with E-state index < -0.39 is 28.7 Å². The molecule has 3 aliphatic rings. The Hall–Kier alpha value is -3.62. The molecule has 0 aromatic heterocycles.